The Labute approximate surface area is 86.3 Å². The van der Waals surface area contributed by atoms with Crippen molar-refractivity contribution in [1.82, 2.24) is 20.2 Å². The minimum Gasteiger partial charge on any atom is -0.423 e. The Bertz CT molecular complexity index is 454. The molecule has 1 aromatic heterocycles. The molecule has 7 heteroatoms. The molecule has 6 nitrogen and oxygen atoms in total. The van der Waals surface area contributed by atoms with Crippen molar-refractivity contribution in [3.63, 3.8) is 0 Å². The minimum atomic E-state index is -1.45. The number of nitrogens with zero attached hydrogens (tertiary/aromatic N) is 4. The second kappa shape index (κ2) is 3.80. The Morgan fingerprint density at radius 1 is 1.20 bits per heavy atom. The van der Waals surface area contributed by atoms with Gasteiger partial charge in [0.25, 0.3) is 0 Å². The molecule has 0 aliphatic carbocycles. The van der Waals surface area contributed by atoms with Crippen molar-refractivity contribution in [2.75, 3.05) is 0 Å². The molecule has 0 unspecified atom stereocenters. The molecule has 0 fully saturated rings. The van der Waals surface area contributed by atoms with E-state index >= 15 is 0 Å². The average molecular weight is 204 g/mol. The number of tetrazole rings is 1. The summed E-state index contributed by atoms with van der Waals surface area (Å²) < 4.78 is 0. The first-order valence-corrected chi connectivity index (χ1v) is 4.37. The summed E-state index contributed by atoms with van der Waals surface area (Å²) in [6.07, 6.45) is 0. The summed E-state index contributed by atoms with van der Waals surface area (Å²) in [6, 6.07) is 6.64. The van der Waals surface area contributed by atoms with Crippen LogP contribution in [0.2, 0.25) is 0 Å². The lowest BCUT2D eigenvalue weighted by Gasteiger charge is -1.99. The lowest BCUT2D eigenvalue weighted by atomic mass is 9.80. The molecule has 2 N–H and O–H groups in total. The molecular weight excluding hydrogens is 195 g/mol. The summed E-state index contributed by atoms with van der Waals surface area (Å²) >= 11 is 0. The minimum absolute atomic E-state index is 0.433. The Morgan fingerprint density at radius 2 is 1.87 bits per heavy atom. The van der Waals surface area contributed by atoms with Crippen LogP contribution in [0.15, 0.2) is 24.3 Å². The third kappa shape index (κ3) is 2.03. The number of benzene rings is 1. The van der Waals surface area contributed by atoms with E-state index in [1.54, 1.807) is 31.3 Å². The van der Waals surface area contributed by atoms with Gasteiger partial charge in [-0.1, -0.05) is 24.3 Å². The SMILES string of the molecule is Cn1nnc(-c2ccc(B(O)O)cc2)n1. The molecule has 0 bridgehead atoms. The number of aromatic nitrogens is 4. The molecule has 0 saturated carbocycles. The number of rotatable bonds is 2. The molecule has 1 aromatic carbocycles. The second-order valence-electron chi connectivity index (χ2n) is 3.10. The summed E-state index contributed by atoms with van der Waals surface area (Å²) in [5.41, 5.74) is 1.22. The molecular formula is C8H9BN4O2. The highest BCUT2D eigenvalue weighted by Gasteiger charge is 2.11. The molecule has 1 heterocycles. The highest BCUT2D eigenvalue weighted by Crippen LogP contribution is 2.10. The van der Waals surface area contributed by atoms with Crippen LogP contribution in [0.25, 0.3) is 11.4 Å². The highest BCUT2D eigenvalue weighted by atomic mass is 16.4. The van der Waals surface area contributed by atoms with Crippen LogP contribution >= 0.6 is 0 Å². The maximum Gasteiger partial charge on any atom is 0.488 e. The van der Waals surface area contributed by atoms with E-state index in [0.29, 0.717) is 11.3 Å². The van der Waals surface area contributed by atoms with Gasteiger partial charge in [-0.2, -0.15) is 4.80 Å². The van der Waals surface area contributed by atoms with Crippen molar-refractivity contribution in [1.29, 1.82) is 0 Å². The van der Waals surface area contributed by atoms with Gasteiger partial charge in [-0.3, -0.25) is 0 Å². The summed E-state index contributed by atoms with van der Waals surface area (Å²) in [6.45, 7) is 0. The van der Waals surface area contributed by atoms with Crippen LogP contribution in [0.4, 0.5) is 0 Å². The van der Waals surface area contributed by atoms with E-state index in [0.717, 1.165) is 5.56 Å². The van der Waals surface area contributed by atoms with Crippen molar-refractivity contribution >= 4 is 12.6 Å². The predicted molar refractivity (Wildman–Crippen MR) is 54.1 cm³/mol. The van der Waals surface area contributed by atoms with Crippen LogP contribution in [0.3, 0.4) is 0 Å². The molecule has 15 heavy (non-hydrogen) atoms. The first-order valence-electron chi connectivity index (χ1n) is 4.37. The largest absolute Gasteiger partial charge is 0.488 e. The molecule has 0 atom stereocenters. The molecule has 0 spiro atoms. The van der Waals surface area contributed by atoms with Gasteiger partial charge in [-0.25, -0.2) is 0 Å². The fourth-order valence-corrected chi connectivity index (χ4v) is 1.20. The first kappa shape index (κ1) is 9.82. The zero-order chi connectivity index (χ0) is 10.8. The van der Waals surface area contributed by atoms with Gasteiger partial charge in [0.2, 0.25) is 5.82 Å². The van der Waals surface area contributed by atoms with E-state index in [1.165, 1.54) is 4.80 Å². The molecule has 0 amide bonds. The van der Waals surface area contributed by atoms with Crippen LogP contribution in [0.1, 0.15) is 0 Å². The summed E-state index contributed by atoms with van der Waals surface area (Å²) in [5.74, 6) is 0.511. The third-order valence-corrected chi connectivity index (χ3v) is 1.98. The van der Waals surface area contributed by atoms with Gasteiger partial charge in [-0.15, -0.1) is 10.2 Å². The Kier molecular flexibility index (Phi) is 2.48. The Hall–Kier alpha value is -1.73. The molecule has 2 rings (SSSR count). The fourth-order valence-electron chi connectivity index (χ4n) is 1.20. The summed E-state index contributed by atoms with van der Waals surface area (Å²) in [7, 11) is 0.233. The maximum atomic E-state index is 8.90. The van der Waals surface area contributed by atoms with Gasteiger partial charge in [0, 0.05) is 5.56 Å². The van der Waals surface area contributed by atoms with Crippen LogP contribution in [0, 0.1) is 0 Å². The number of aryl methyl sites for hydroxylation is 1. The Balaban J connectivity index is 2.31. The van der Waals surface area contributed by atoms with Crippen molar-refractivity contribution < 1.29 is 10.0 Å². The van der Waals surface area contributed by atoms with Crippen molar-refractivity contribution in [2.24, 2.45) is 7.05 Å². The van der Waals surface area contributed by atoms with Crippen molar-refractivity contribution in [3.8, 4) is 11.4 Å². The molecule has 0 aliphatic rings. The monoisotopic (exact) mass is 204 g/mol. The van der Waals surface area contributed by atoms with Crippen LogP contribution in [0.5, 0.6) is 0 Å². The summed E-state index contributed by atoms with van der Waals surface area (Å²) in [5, 5.41) is 29.4. The number of hydrogen-bond acceptors (Lipinski definition) is 5. The fraction of sp³-hybridized carbons (Fsp3) is 0.125. The third-order valence-electron chi connectivity index (χ3n) is 1.98. The normalized spacial score (nSPS) is 10.3. The van der Waals surface area contributed by atoms with E-state index < -0.39 is 7.12 Å². The van der Waals surface area contributed by atoms with E-state index in [9.17, 15) is 0 Å². The first-order chi connectivity index (χ1) is 7.16. The van der Waals surface area contributed by atoms with Crippen molar-refractivity contribution in [3.05, 3.63) is 24.3 Å². The van der Waals surface area contributed by atoms with Gasteiger partial charge in [-0.05, 0) is 10.7 Å². The topological polar surface area (TPSA) is 84.1 Å². The zero-order valence-corrected chi connectivity index (χ0v) is 8.07. The lowest BCUT2D eigenvalue weighted by molar-refractivity contribution is 0.426. The van der Waals surface area contributed by atoms with Gasteiger partial charge in [0.1, 0.15) is 0 Å². The maximum absolute atomic E-state index is 8.90. The van der Waals surface area contributed by atoms with Crippen LogP contribution in [-0.4, -0.2) is 37.4 Å². The molecule has 2 aromatic rings. The average Bonchev–Trinajstić information content (AvgIpc) is 2.65. The molecule has 0 aliphatic heterocycles. The number of hydrogen-bond donors (Lipinski definition) is 2. The highest BCUT2D eigenvalue weighted by molar-refractivity contribution is 6.58. The zero-order valence-electron chi connectivity index (χ0n) is 8.07. The van der Waals surface area contributed by atoms with E-state index in [1.807, 2.05) is 0 Å². The van der Waals surface area contributed by atoms with E-state index in [2.05, 4.69) is 15.4 Å². The van der Waals surface area contributed by atoms with E-state index in [-0.39, 0.29) is 0 Å². The van der Waals surface area contributed by atoms with Crippen molar-refractivity contribution in [2.45, 2.75) is 0 Å². The van der Waals surface area contributed by atoms with Gasteiger partial charge in [0.15, 0.2) is 0 Å². The molecule has 0 radical (unpaired) electrons. The van der Waals surface area contributed by atoms with Crippen LogP contribution < -0.4 is 5.46 Å². The molecule has 76 valence electrons. The lowest BCUT2D eigenvalue weighted by Crippen LogP contribution is -2.29. The molecule has 0 saturated heterocycles. The predicted octanol–water partition coefficient (Wildman–Crippen LogP) is -1.44. The quantitative estimate of drug-likeness (QED) is 0.585. The van der Waals surface area contributed by atoms with Gasteiger partial charge >= 0.3 is 7.12 Å². The van der Waals surface area contributed by atoms with Crippen LogP contribution in [-0.2, 0) is 7.05 Å². The standard InChI is InChI=1S/C8H9BN4O2/c1-13-11-8(10-12-13)6-2-4-7(5-3-6)9(14)15/h2-5,14-15H,1H3. The van der Waals surface area contributed by atoms with E-state index in [4.69, 9.17) is 10.0 Å². The smallest absolute Gasteiger partial charge is 0.423 e. The van der Waals surface area contributed by atoms with Gasteiger partial charge in [0.05, 0.1) is 7.05 Å². The summed E-state index contributed by atoms with van der Waals surface area (Å²) in [4.78, 5) is 1.37. The Morgan fingerprint density at radius 3 is 2.33 bits per heavy atom. The second-order valence-corrected chi connectivity index (χ2v) is 3.10. The van der Waals surface area contributed by atoms with Gasteiger partial charge < -0.3 is 10.0 Å².